The molecule has 0 amide bonds. The van der Waals surface area contributed by atoms with Crippen molar-refractivity contribution in [1.29, 1.82) is 0 Å². The lowest BCUT2D eigenvalue weighted by Gasteiger charge is -2.16. The molecular formula is C8H4F6. The summed E-state index contributed by atoms with van der Waals surface area (Å²) in [7, 11) is 0. The molecule has 0 aromatic heterocycles. The van der Waals surface area contributed by atoms with Crippen LogP contribution in [0.3, 0.4) is 0 Å². The van der Waals surface area contributed by atoms with Crippen molar-refractivity contribution in [1.82, 2.24) is 0 Å². The average molecular weight is 214 g/mol. The van der Waals surface area contributed by atoms with Gasteiger partial charge in [0.2, 0.25) is 0 Å². The van der Waals surface area contributed by atoms with Crippen LogP contribution in [0.25, 0.3) is 0 Å². The normalized spacial score (nSPS) is 16.6. The molecule has 0 saturated heterocycles. The molecule has 0 spiro atoms. The van der Waals surface area contributed by atoms with Gasteiger partial charge in [-0.05, 0) is 5.57 Å². The van der Waals surface area contributed by atoms with E-state index in [0.29, 0.717) is 0 Å². The summed E-state index contributed by atoms with van der Waals surface area (Å²) >= 11 is 0. The van der Waals surface area contributed by atoms with Gasteiger partial charge in [-0.1, -0.05) is 24.3 Å². The topological polar surface area (TPSA) is 0 Å². The van der Waals surface area contributed by atoms with Crippen molar-refractivity contribution in [3.8, 4) is 0 Å². The number of rotatable bonds is 0. The second-order valence-electron chi connectivity index (χ2n) is 2.54. The molecule has 0 radical (unpaired) electrons. The lowest BCUT2D eigenvalue weighted by Crippen LogP contribution is -2.27. The molecule has 0 aliphatic heterocycles. The van der Waals surface area contributed by atoms with Crippen molar-refractivity contribution in [3.63, 3.8) is 0 Å². The van der Waals surface area contributed by atoms with Gasteiger partial charge in [0, 0.05) is 0 Å². The molecule has 14 heavy (non-hydrogen) atoms. The van der Waals surface area contributed by atoms with Crippen LogP contribution in [0.2, 0.25) is 0 Å². The molecule has 0 atom stereocenters. The smallest absolute Gasteiger partial charge is 0.166 e. The van der Waals surface area contributed by atoms with Crippen LogP contribution in [-0.4, -0.2) is 12.4 Å². The maximum absolute atomic E-state index is 12.0. The van der Waals surface area contributed by atoms with Gasteiger partial charge in [-0.3, -0.25) is 0 Å². The van der Waals surface area contributed by atoms with Crippen LogP contribution in [0.4, 0.5) is 26.3 Å². The highest BCUT2D eigenvalue weighted by atomic mass is 19.4. The van der Waals surface area contributed by atoms with E-state index in [2.05, 4.69) is 0 Å². The Kier molecular flexibility index (Phi) is 2.47. The maximum atomic E-state index is 12.0. The summed E-state index contributed by atoms with van der Waals surface area (Å²) in [6.07, 6.45) is -6.98. The monoisotopic (exact) mass is 214 g/mol. The molecule has 0 aromatic carbocycles. The van der Waals surface area contributed by atoms with Crippen LogP contribution in [0.1, 0.15) is 0 Å². The van der Waals surface area contributed by atoms with Crippen LogP contribution < -0.4 is 0 Å². The van der Waals surface area contributed by atoms with Crippen LogP contribution in [0.5, 0.6) is 0 Å². The Balaban J connectivity index is 3.27. The number of allylic oxidation sites excluding steroid dienone is 6. The van der Waals surface area contributed by atoms with Crippen molar-refractivity contribution in [3.05, 3.63) is 35.5 Å². The number of hydrogen-bond acceptors (Lipinski definition) is 0. The first-order valence-corrected chi connectivity index (χ1v) is 3.46. The summed E-state index contributed by atoms with van der Waals surface area (Å²) in [4.78, 5) is 0. The zero-order chi connectivity index (χ0) is 11.0. The molecule has 0 bridgehead atoms. The Morgan fingerprint density at radius 1 is 0.786 bits per heavy atom. The quantitative estimate of drug-likeness (QED) is 0.541. The predicted molar refractivity (Wildman–Crippen MR) is 37.4 cm³/mol. The van der Waals surface area contributed by atoms with Crippen LogP contribution in [-0.2, 0) is 0 Å². The van der Waals surface area contributed by atoms with Gasteiger partial charge in [0.15, 0.2) is 0 Å². The van der Waals surface area contributed by atoms with Crippen LogP contribution in [0, 0.1) is 0 Å². The Morgan fingerprint density at radius 2 is 1.14 bits per heavy atom. The molecule has 1 aliphatic rings. The largest absolute Gasteiger partial charge is 0.421 e. The molecular weight excluding hydrogens is 210 g/mol. The van der Waals surface area contributed by atoms with Gasteiger partial charge in [0.1, 0.15) is 5.57 Å². The van der Waals surface area contributed by atoms with E-state index in [-0.39, 0.29) is 0 Å². The Morgan fingerprint density at radius 3 is 1.43 bits per heavy atom. The van der Waals surface area contributed by atoms with Gasteiger partial charge in [-0.2, -0.15) is 26.3 Å². The maximum Gasteiger partial charge on any atom is 0.421 e. The highest BCUT2D eigenvalue weighted by Gasteiger charge is 2.52. The highest BCUT2D eigenvalue weighted by Crippen LogP contribution is 2.41. The molecule has 0 aromatic rings. The van der Waals surface area contributed by atoms with E-state index in [1.54, 1.807) is 0 Å². The highest BCUT2D eigenvalue weighted by molar-refractivity contribution is 5.46. The van der Waals surface area contributed by atoms with Crippen LogP contribution >= 0.6 is 0 Å². The van der Waals surface area contributed by atoms with Crippen molar-refractivity contribution >= 4 is 0 Å². The fourth-order valence-electron chi connectivity index (χ4n) is 1.03. The number of alkyl halides is 6. The van der Waals surface area contributed by atoms with Crippen molar-refractivity contribution in [2.45, 2.75) is 12.4 Å². The van der Waals surface area contributed by atoms with E-state index in [1.807, 2.05) is 0 Å². The summed E-state index contributed by atoms with van der Waals surface area (Å²) in [5, 5.41) is 0. The Bertz CT molecular complexity index is 282. The fourth-order valence-corrected chi connectivity index (χ4v) is 1.03. The van der Waals surface area contributed by atoms with Crippen molar-refractivity contribution < 1.29 is 26.3 Å². The van der Waals surface area contributed by atoms with Crippen molar-refractivity contribution in [2.75, 3.05) is 0 Å². The first-order chi connectivity index (χ1) is 6.23. The standard InChI is InChI=1S/C8H4F6/c9-7(10,11)6(8(12,13)14)5-3-1-2-4-5/h1-4H. The van der Waals surface area contributed by atoms with E-state index in [0.717, 1.165) is 24.3 Å². The second-order valence-corrected chi connectivity index (χ2v) is 2.54. The van der Waals surface area contributed by atoms with E-state index in [9.17, 15) is 26.3 Å². The molecule has 6 heteroatoms. The Labute approximate surface area is 75.2 Å². The van der Waals surface area contributed by atoms with E-state index in [4.69, 9.17) is 0 Å². The van der Waals surface area contributed by atoms with Gasteiger partial charge in [-0.25, -0.2) is 0 Å². The summed E-state index contributed by atoms with van der Waals surface area (Å²) in [6.45, 7) is 0. The number of halogens is 6. The van der Waals surface area contributed by atoms with Crippen molar-refractivity contribution in [2.24, 2.45) is 0 Å². The third-order valence-electron chi connectivity index (χ3n) is 1.52. The van der Waals surface area contributed by atoms with E-state index < -0.39 is 23.5 Å². The molecule has 0 N–H and O–H groups in total. The van der Waals surface area contributed by atoms with Gasteiger partial charge in [0.25, 0.3) is 0 Å². The molecule has 0 fully saturated rings. The molecule has 0 nitrogen and oxygen atoms in total. The van der Waals surface area contributed by atoms with Gasteiger partial charge >= 0.3 is 12.4 Å². The third kappa shape index (κ3) is 2.18. The zero-order valence-electron chi connectivity index (χ0n) is 6.58. The van der Waals surface area contributed by atoms with E-state index in [1.165, 1.54) is 0 Å². The van der Waals surface area contributed by atoms with Gasteiger partial charge < -0.3 is 0 Å². The second kappa shape index (κ2) is 3.18. The summed E-state index contributed by atoms with van der Waals surface area (Å²) < 4.78 is 72.1. The average Bonchev–Trinajstić information content (AvgIpc) is 2.31. The van der Waals surface area contributed by atoms with E-state index >= 15 is 0 Å². The summed E-state index contributed by atoms with van der Waals surface area (Å²) in [5.41, 5.74) is -3.32. The molecule has 1 rings (SSSR count). The first kappa shape index (κ1) is 10.9. The molecule has 78 valence electrons. The Hall–Kier alpha value is -1.20. The molecule has 0 saturated carbocycles. The minimum Gasteiger partial charge on any atom is -0.166 e. The number of hydrogen-bond donors (Lipinski definition) is 0. The minimum atomic E-state index is -5.38. The van der Waals surface area contributed by atoms with Crippen LogP contribution in [0.15, 0.2) is 35.5 Å². The summed E-state index contributed by atoms with van der Waals surface area (Å²) in [5.74, 6) is 0. The minimum absolute atomic E-state index is 0.774. The predicted octanol–water partition coefficient (Wildman–Crippen LogP) is 3.53. The lowest BCUT2D eigenvalue weighted by atomic mass is 10.1. The molecule has 1 aliphatic carbocycles. The lowest BCUT2D eigenvalue weighted by molar-refractivity contribution is -0.172. The molecule has 0 heterocycles. The fraction of sp³-hybridized carbons (Fsp3) is 0.250. The van der Waals surface area contributed by atoms with Gasteiger partial charge in [0.05, 0.1) is 0 Å². The van der Waals surface area contributed by atoms with Gasteiger partial charge in [-0.15, -0.1) is 0 Å². The molecule has 0 unspecified atom stereocenters. The first-order valence-electron chi connectivity index (χ1n) is 3.46. The third-order valence-corrected chi connectivity index (χ3v) is 1.52. The SMILES string of the molecule is FC(F)(F)C(=C1C=CC=C1)C(F)(F)F. The summed E-state index contributed by atoms with van der Waals surface area (Å²) in [6, 6.07) is 0. The zero-order valence-corrected chi connectivity index (χ0v) is 6.58.